The predicted molar refractivity (Wildman–Crippen MR) is 136 cm³/mol. The number of hydrogen-bond donors (Lipinski definition) is 3. The molecule has 2 unspecified atom stereocenters. The van der Waals surface area contributed by atoms with Crippen LogP contribution in [0.2, 0.25) is 10.0 Å². The molecule has 1 heterocycles. The van der Waals surface area contributed by atoms with Crippen molar-refractivity contribution in [2.75, 3.05) is 13.2 Å². The minimum atomic E-state index is -4.92. The number of hydroxylamine groups is 4. The van der Waals surface area contributed by atoms with Crippen LogP contribution in [0.15, 0.2) is 18.2 Å². The molecule has 214 valence electrons. The molecule has 0 spiro atoms. The summed E-state index contributed by atoms with van der Waals surface area (Å²) in [7, 11) is -4.92. The number of halogens is 2. The Kier molecular flexibility index (Phi) is 15.4. The molecule has 0 aromatic heterocycles. The number of unbranched alkanes of at least 4 members (excludes halogenated alkanes) is 7. The third-order valence-electron chi connectivity index (χ3n) is 5.75. The number of carbonyl (C=O) groups is 4. The van der Waals surface area contributed by atoms with Crippen molar-refractivity contribution in [3.8, 4) is 5.75 Å². The zero-order valence-electron chi connectivity index (χ0n) is 22.6. The summed E-state index contributed by atoms with van der Waals surface area (Å²) in [6.07, 6.45) is 5.33. The van der Waals surface area contributed by atoms with E-state index in [2.05, 4.69) is 10.2 Å². The summed E-state index contributed by atoms with van der Waals surface area (Å²) >= 11 is 11.8. The molecule has 1 saturated heterocycles. The number of quaternary nitrogens is 1. The van der Waals surface area contributed by atoms with Gasteiger partial charge in [-0.3, -0.25) is 9.35 Å². The maximum atomic E-state index is 11.9. The largest absolute Gasteiger partial charge is 1.00 e. The van der Waals surface area contributed by atoms with E-state index in [4.69, 9.17) is 32.5 Å². The molecule has 12 nitrogen and oxygen atoms in total. The van der Waals surface area contributed by atoms with E-state index >= 15 is 0 Å². The first-order valence-corrected chi connectivity index (χ1v) is 14.3. The molecular weight excluding hydrogens is 590 g/mol. The van der Waals surface area contributed by atoms with Crippen LogP contribution in [0.5, 0.6) is 5.75 Å². The number of imide groups is 1. The molecule has 1 aliphatic heterocycles. The first-order valence-electron chi connectivity index (χ1n) is 12.1. The minimum Gasteiger partial charge on any atom is -1.00 e. The van der Waals surface area contributed by atoms with Gasteiger partial charge in [0.15, 0.2) is 6.61 Å². The van der Waals surface area contributed by atoms with Crippen molar-refractivity contribution in [1.82, 2.24) is 5.32 Å². The normalized spacial score (nSPS) is 18.9. The fourth-order valence-corrected chi connectivity index (χ4v) is 4.89. The van der Waals surface area contributed by atoms with Crippen molar-refractivity contribution in [1.29, 1.82) is 0 Å². The second kappa shape index (κ2) is 16.8. The van der Waals surface area contributed by atoms with E-state index in [0.717, 1.165) is 38.5 Å². The van der Waals surface area contributed by atoms with Gasteiger partial charge in [-0.05, 0) is 31.0 Å². The van der Waals surface area contributed by atoms with Crippen molar-refractivity contribution >= 4 is 57.0 Å². The molecular formula is C23H32Cl2N2NaO10S+. The smallest absolute Gasteiger partial charge is 1.00 e. The molecule has 3 amide bonds. The Morgan fingerprint density at radius 2 is 1.64 bits per heavy atom. The number of nitrogens with zero attached hydrogens (tertiary/aromatic N) is 1. The Morgan fingerprint density at radius 1 is 1.05 bits per heavy atom. The van der Waals surface area contributed by atoms with Crippen LogP contribution in [-0.4, -0.2) is 65.1 Å². The van der Waals surface area contributed by atoms with Crippen LogP contribution < -0.4 is 39.6 Å². The summed E-state index contributed by atoms with van der Waals surface area (Å²) in [5.41, 5.74) is 0. The number of hydrogen-bond acceptors (Lipinski definition) is 9. The zero-order valence-corrected chi connectivity index (χ0v) is 25.9. The zero-order chi connectivity index (χ0) is 28.3. The van der Waals surface area contributed by atoms with E-state index in [0.29, 0.717) is 35.2 Å². The standard InChI is InChI=1S/C23H30Cl2N2O10S.Na.H/c24-16-10-11-18(17(25)13-16)36-15-20(28)26-12-8-6-4-2-1-3-5-7-9-22(30)37-27(32)21(29)14-19(23(27)31)38(33,34)35;;/h10-11,13,19,32H,1-9,12,14-15H2,(H-,26,28,33,34,35);;/q;+1;-1/p+1. The summed E-state index contributed by atoms with van der Waals surface area (Å²) in [5.74, 6) is -3.87. The Balaban J connectivity index is 0.00000760. The van der Waals surface area contributed by atoms with E-state index < -0.39 is 44.4 Å². The summed E-state index contributed by atoms with van der Waals surface area (Å²) in [6, 6.07) is 4.75. The summed E-state index contributed by atoms with van der Waals surface area (Å²) in [6.45, 7) is 0.379. The van der Waals surface area contributed by atoms with Crippen molar-refractivity contribution in [3.63, 3.8) is 0 Å². The first kappa shape index (κ1) is 35.7. The SMILES string of the molecule is O=C(COc1ccc(Cl)cc1Cl)NCCCCCCCCCCC(=O)O[N+]1(O)C(=O)CC(S(=O)(=O)O)C1=O.[H-].[Na+]. The Morgan fingerprint density at radius 3 is 2.21 bits per heavy atom. The van der Waals surface area contributed by atoms with E-state index in [1.165, 1.54) is 6.07 Å². The molecule has 0 aliphatic carbocycles. The van der Waals surface area contributed by atoms with Gasteiger partial charge in [0.05, 0.1) is 11.4 Å². The van der Waals surface area contributed by atoms with Crippen LogP contribution in [0, 0.1) is 0 Å². The maximum Gasteiger partial charge on any atom is 1.00 e. The van der Waals surface area contributed by atoms with E-state index in [-0.39, 0.29) is 49.9 Å². The quantitative estimate of drug-likeness (QED) is 0.0588. The average Bonchev–Trinajstić information content (AvgIpc) is 3.05. The molecule has 0 bridgehead atoms. The molecule has 2 atom stereocenters. The van der Waals surface area contributed by atoms with Crippen molar-refractivity contribution in [2.24, 2.45) is 0 Å². The molecule has 0 radical (unpaired) electrons. The van der Waals surface area contributed by atoms with E-state index in [1.807, 2.05) is 0 Å². The van der Waals surface area contributed by atoms with Gasteiger partial charge in [-0.25, -0.2) is 19.2 Å². The third kappa shape index (κ3) is 11.6. The second-order valence-corrected chi connectivity index (χ2v) is 11.2. The number of rotatable bonds is 16. The van der Waals surface area contributed by atoms with Crippen LogP contribution in [0.3, 0.4) is 0 Å². The molecule has 16 heteroatoms. The number of amides is 3. The third-order valence-corrected chi connectivity index (χ3v) is 7.37. The fourth-order valence-electron chi connectivity index (χ4n) is 3.68. The van der Waals surface area contributed by atoms with Gasteiger partial charge in [0, 0.05) is 11.6 Å². The molecule has 39 heavy (non-hydrogen) atoms. The molecule has 1 fully saturated rings. The van der Waals surface area contributed by atoms with Crippen LogP contribution in [0.4, 0.5) is 0 Å². The van der Waals surface area contributed by atoms with Crippen LogP contribution >= 0.6 is 23.2 Å². The summed E-state index contributed by atoms with van der Waals surface area (Å²) in [5, 5.41) is 11.4. The molecule has 1 aromatic carbocycles. The van der Waals surface area contributed by atoms with Gasteiger partial charge >= 0.3 is 47.3 Å². The van der Waals surface area contributed by atoms with Gasteiger partial charge < -0.3 is 11.5 Å². The number of ether oxygens (including phenoxy) is 1. The fraction of sp³-hybridized carbons (Fsp3) is 0.565. The van der Waals surface area contributed by atoms with Gasteiger partial charge in [-0.1, -0.05) is 61.7 Å². The minimum absolute atomic E-state index is 0. The summed E-state index contributed by atoms with van der Waals surface area (Å²) < 4.78 is 36.6. The van der Waals surface area contributed by atoms with Gasteiger partial charge in [0.2, 0.25) is 5.25 Å². The van der Waals surface area contributed by atoms with Gasteiger partial charge in [0.25, 0.3) is 16.0 Å². The monoisotopic (exact) mass is 621 g/mol. The number of carbonyl (C=O) groups excluding carboxylic acids is 4. The van der Waals surface area contributed by atoms with Crippen molar-refractivity contribution in [2.45, 2.75) is 69.5 Å². The molecule has 0 saturated carbocycles. The van der Waals surface area contributed by atoms with Crippen LogP contribution in [-0.2, 0) is 34.1 Å². The summed E-state index contributed by atoms with van der Waals surface area (Å²) in [4.78, 5) is 49.6. The molecule has 1 aliphatic rings. The number of nitrogens with one attached hydrogen (secondary N) is 1. The Hall–Kier alpha value is -1.29. The first-order chi connectivity index (χ1) is 17.8. The molecule has 1 aromatic rings. The van der Waals surface area contributed by atoms with Gasteiger partial charge in [-0.2, -0.15) is 13.6 Å². The van der Waals surface area contributed by atoms with Gasteiger partial charge in [-0.15, -0.1) is 0 Å². The van der Waals surface area contributed by atoms with Crippen molar-refractivity contribution in [3.05, 3.63) is 28.2 Å². The molecule has 3 N–H and O–H groups in total. The Labute approximate surface area is 260 Å². The second-order valence-electron chi connectivity index (χ2n) is 8.77. The average molecular weight is 622 g/mol. The predicted octanol–water partition coefficient (Wildman–Crippen LogP) is 0.493. The topological polar surface area (TPSA) is 173 Å². The number of benzene rings is 1. The van der Waals surface area contributed by atoms with Crippen LogP contribution in [0.25, 0.3) is 0 Å². The van der Waals surface area contributed by atoms with E-state index in [1.54, 1.807) is 12.1 Å². The Bertz CT molecular complexity index is 1140. The van der Waals surface area contributed by atoms with Gasteiger partial charge in [0.1, 0.15) is 17.0 Å². The van der Waals surface area contributed by atoms with Crippen LogP contribution in [0.1, 0.15) is 65.6 Å². The maximum absolute atomic E-state index is 11.9. The van der Waals surface area contributed by atoms with E-state index in [9.17, 15) is 32.8 Å². The van der Waals surface area contributed by atoms with Crippen molar-refractivity contribution < 1.29 is 82.7 Å². The molecule has 2 rings (SSSR count).